The number of carbonyl (C=O) groups excluding carboxylic acids is 1. The molecule has 0 unspecified atom stereocenters. The van der Waals surface area contributed by atoms with E-state index in [1.54, 1.807) is 26.8 Å². The maximum absolute atomic E-state index is 12.2. The number of ether oxygens (including phenoxy) is 1. The molecule has 1 aromatic carbocycles. The molecule has 1 amide bonds. The van der Waals surface area contributed by atoms with Crippen molar-refractivity contribution in [1.29, 1.82) is 0 Å². The summed E-state index contributed by atoms with van der Waals surface area (Å²) < 4.78 is 18.2. The number of aromatic carboxylic acids is 1. The predicted octanol–water partition coefficient (Wildman–Crippen LogP) is 4.69. The summed E-state index contributed by atoms with van der Waals surface area (Å²) >= 11 is 3.42. The third-order valence-electron chi connectivity index (χ3n) is 4.98. The summed E-state index contributed by atoms with van der Waals surface area (Å²) in [5, 5.41) is 11.9. The van der Waals surface area contributed by atoms with Gasteiger partial charge < -0.3 is 24.5 Å². The third-order valence-corrected chi connectivity index (χ3v) is 5.67. The molecule has 9 heteroatoms. The Bertz CT molecular complexity index is 844. The number of halogens is 1. The van der Waals surface area contributed by atoms with Crippen LogP contribution in [-0.2, 0) is 14.0 Å². The molecule has 0 saturated carbocycles. The molecule has 0 spiro atoms. The van der Waals surface area contributed by atoms with Crippen molar-refractivity contribution >= 4 is 41.2 Å². The summed E-state index contributed by atoms with van der Waals surface area (Å²) in [7, 11) is -0.684. The molecule has 0 radical (unpaired) electrons. The van der Waals surface area contributed by atoms with Gasteiger partial charge in [-0.05, 0) is 71.6 Å². The summed E-state index contributed by atoms with van der Waals surface area (Å²) in [5.41, 5.74) is -0.143. The fourth-order valence-corrected chi connectivity index (χ4v) is 3.16. The summed E-state index contributed by atoms with van der Waals surface area (Å²) in [6.45, 7) is 13.3. The Balaban J connectivity index is 2.33. The summed E-state index contributed by atoms with van der Waals surface area (Å²) in [4.78, 5) is 23.3. The topological polar surface area (TPSA) is 94.1 Å². The van der Waals surface area contributed by atoms with E-state index in [4.69, 9.17) is 14.0 Å². The lowest BCUT2D eigenvalue weighted by atomic mass is 9.77. The second-order valence-electron chi connectivity index (χ2n) is 9.20. The zero-order valence-electron chi connectivity index (χ0n) is 18.5. The second kappa shape index (κ2) is 8.73. The van der Waals surface area contributed by atoms with Gasteiger partial charge >= 0.3 is 19.2 Å². The molecule has 0 aliphatic carbocycles. The van der Waals surface area contributed by atoms with E-state index in [2.05, 4.69) is 21.2 Å². The molecule has 2 rings (SSSR count). The van der Waals surface area contributed by atoms with Crippen molar-refractivity contribution in [1.82, 2.24) is 5.32 Å². The van der Waals surface area contributed by atoms with Crippen LogP contribution in [0.25, 0.3) is 6.08 Å². The number of rotatable bonds is 5. The van der Waals surface area contributed by atoms with Crippen LogP contribution >= 0.6 is 15.9 Å². The summed E-state index contributed by atoms with van der Waals surface area (Å²) in [6.07, 6.45) is 1.26. The number of hydrogen-bond donors (Lipinski definition) is 2. The number of carbonyl (C=O) groups is 2. The van der Waals surface area contributed by atoms with Gasteiger partial charge in [0, 0.05) is 11.0 Å². The van der Waals surface area contributed by atoms with Gasteiger partial charge in [-0.1, -0.05) is 28.1 Å². The van der Waals surface area contributed by atoms with Gasteiger partial charge in [-0.2, -0.15) is 0 Å². The highest BCUT2D eigenvalue weighted by molar-refractivity contribution is 9.10. The van der Waals surface area contributed by atoms with E-state index < -0.39 is 36.0 Å². The van der Waals surface area contributed by atoms with Crippen molar-refractivity contribution < 1.29 is 28.7 Å². The van der Waals surface area contributed by atoms with Gasteiger partial charge in [0.05, 0.1) is 16.8 Å². The molecule has 1 aliphatic heterocycles. The Labute approximate surface area is 186 Å². The maximum Gasteiger partial charge on any atom is 0.492 e. The van der Waals surface area contributed by atoms with E-state index in [0.717, 1.165) is 5.56 Å². The molecule has 1 heterocycles. The zero-order chi connectivity index (χ0) is 22.9. The van der Waals surface area contributed by atoms with Gasteiger partial charge in [-0.15, -0.1) is 0 Å². The lowest BCUT2D eigenvalue weighted by Gasteiger charge is -2.32. The first-order valence-electron chi connectivity index (χ1n) is 9.67. The number of nitrogens with one attached hydrogen (secondary N) is 1. The number of carboxylic acid groups (broad SMARTS) is 1. The van der Waals surface area contributed by atoms with E-state index in [1.807, 2.05) is 33.8 Å². The van der Waals surface area contributed by atoms with Gasteiger partial charge in [0.2, 0.25) is 0 Å². The SMILES string of the molecule is CC(C)(C)OC(=O)NCC(=Cc1ccc(C(=O)O)cc1Br)B1OC(C)(C)C(C)(C)O1. The maximum atomic E-state index is 12.2. The highest BCUT2D eigenvalue weighted by atomic mass is 79.9. The van der Waals surface area contributed by atoms with Crippen LogP contribution in [0.3, 0.4) is 0 Å². The molecule has 2 N–H and O–H groups in total. The molecule has 0 atom stereocenters. The van der Waals surface area contributed by atoms with Crippen LogP contribution in [-0.4, -0.2) is 47.6 Å². The molecule has 0 aromatic heterocycles. The average Bonchev–Trinajstić information content (AvgIpc) is 2.78. The summed E-state index contributed by atoms with van der Waals surface area (Å²) in [5.74, 6) is -1.01. The van der Waals surface area contributed by atoms with Gasteiger partial charge in [-0.25, -0.2) is 9.59 Å². The average molecular weight is 482 g/mol. The first-order valence-corrected chi connectivity index (χ1v) is 10.5. The molecule has 1 fully saturated rings. The largest absolute Gasteiger partial charge is 0.492 e. The zero-order valence-corrected chi connectivity index (χ0v) is 20.0. The molecule has 1 aliphatic rings. The van der Waals surface area contributed by atoms with Crippen molar-refractivity contribution in [3.8, 4) is 0 Å². The highest BCUT2D eigenvalue weighted by Gasteiger charge is 2.52. The van der Waals surface area contributed by atoms with Crippen molar-refractivity contribution in [2.45, 2.75) is 65.3 Å². The van der Waals surface area contributed by atoms with Crippen LogP contribution in [0.2, 0.25) is 0 Å². The Morgan fingerprint density at radius 2 is 1.77 bits per heavy atom. The van der Waals surface area contributed by atoms with Crippen LogP contribution in [0.1, 0.15) is 64.4 Å². The Hall–Kier alpha value is -1.84. The normalized spacial score (nSPS) is 18.3. The van der Waals surface area contributed by atoms with Crippen LogP contribution < -0.4 is 5.32 Å². The standard InChI is InChI=1S/C21H29BBrNO6/c1-19(2,3)28-18(27)24-12-15(22-29-20(4,5)21(6,7)30-22)10-13-8-9-14(17(25)26)11-16(13)23/h8-11H,12H2,1-7H3,(H,24,27)(H,25,26). The lowest BCUT2D eigenvalue weighted by Crippen LogP contribution is -2.41. The predicted molar refractivity (Wildman–Crippen MR) is 119 cm³/mol. The molecule has 1 saturated heterocycles. The lowest BCUT2D eigenvalue weighted by molar-refractivity contribution is 0.00578. The van der Waals surface area contributed by atoms with Crippen LogP contribution in [0.4, 0.5) is 4.79 Å². The van der Waals surface area contributed by atoms with E-state index >= 15 is 0 Å². The molecule has 164 valence electrons. The van der Waals surface area contributed by atoms with Crippen molar-refractivity contribution in [3.63, 3.8) is 0 Å². The Kier molecular flexibility index (Phi) is 7.11. The van der Waals surface area contributed by atoms with E-state index in [-0.39, 0.29) is 12.1 Å². The smallest absolute Gasteiger partial charge is 0.478 e. The van der Waals surface area contributed by atoms with Crippen LogP contribution in [0, 0.1) is 0 Å². The minimum absolute atomic E-state index is 0.138. The van der Waals surface area contributed by atoms with Gasteiger partial charge in [0.1, 0.15) is 5.60 Å². The number of benzene rings is 1. The highest BCUT2D eigenvalue weighted by Crippen LogP contribution is 2.39. The van der Waals surface area contributed by atoms with Crippen molar-refractivity contribution in [2.24, 2.45) is 0 Å². The van der Waals surface area contributed by atoms with Gasteiger partial charge in [0.25, 0.3) is 0 Å². The molecule has 7 nitrogen and oxygen atoms in total. The second-order valence-corrected chi connectivity index (χ2v) is 10.1. The molecule has 30 heavy (non-hydrogen) atoms. The Morgan fingerprint density at radius 1 is 1.20 bits per heavy atom. The first-order chi connectivity index (χ1) is 13.6. The monoisotopic (exact) mass is 481 g/mol. The van der Waals surface area contributed by atoms with Crippen molar-refractivity contribution in [3.05, 3.63) is 39.3 Å². The molecular weight excluding hydrogens is 453 g/mol. The van der Waals surface area contributed by atoms with E-state index in [0.29, 0.717) is 9.95 Å². The number of amides is 1. The first kappa shape index (κ1) is 24.4. The number of alkyl carbamates (subject to hydrolysis) is 1. The quantitative estimate of drug-likeness (QED) is 0.592. The molecule has 0 bridgehead atoms. The number of hydrogen-bond acceptors (Lipinski definition) is 5. The van der Waals surface area contributed by atoms with Crippen molar-refractivity contribution in [2.75, 3.05) is 6.54 Å². The molecular formula is C21H29BBrNO6. The van der Waals surface area contributed by atoms with Crippen LogP contribution in [0.5, 0.6) is 0 Å². The molecule has 1 aromatic rings. The minimum atomic E-state index is -1.01. The van der Waals surface area contributed by atoms with Gasteiger partial charge in [-0.3, -0.25) is 0 Å². The summed E-state index contributed by atoms with van der Waals surface area (Å²) in [6, 6.07) is 4.73. The van der Waals surface area contributed by atoms with Gasteiger partial charge in [0.15, 0.2) is 0 Å². The third kappa shape index (κ3) is 6.09. The minimum Gasteiger partial charge on any atom is -0.478 e. The fourth-order valence-electron chi connectivity index (χ4n) is 2.66. The van der Waals surface area contributed by atoms with Crippen LogP contribution in [0.15, 0.2) is 28.1 Å². The van der Waals surface area contributed by atoms with E-state index in [1.165, 1.54) is 12.1 Å². The van der Waals surface area contributed by atoms with E-state index in [9.17, 15) is 14.7 Å². The fraction of sp³-hybridized carbons (Fsp3) is 0.524. The number of carboxylic acids is 1. The Morgan fingerprint density at radius 3 is 2.23 bits per heavy atom.